The Hall–Kier alpha value is -1.19. The quantitative estimate of drug-likeness (QED) is 0.701. The van der Waals surface area contributed by atoms with Gasteiger partial charge in [-0.15, -0.1) is 0 Å². The van der Waals surface area contributed by atoms with E-state index >= 15 is 0 Å². The predicted octanol–water partition coefficient (Wildman–Crippen LogP) is 1.40. The summed E-state index contributed by atoms with van der Waals surface area (Å²) in [5.74, 6) is -0.598. The zero-order valence-corrected chi connectivity index (χ0v) is 13.0. The van der Waals surface area contributed by atoms with E-state index in [0.717, 1.165) is 16.8 Å². The predicted molar refractivity (Wildman–Crippen MR) is 72.3 cm³/mol. The maximum atomic E-state index is 12.5. The highest BCUT2D eigenvalue weighted by Gasteiger charge is 2.23. The monoisotopic (exact) mass is 344 g/mol. The van der Waals surface area contributed by atoms with Crippen LogP contribution < -0.4 is 0 Å². The number of alkyl halides is 2. The molecule has 0 bridgehead atoms. The molecule has 1 heterocycles. The third-order valence-electron chi connectivity index (χ3n) is 2.68. The van der Waals surface area contributed by atoms with Crippen LogP contribution in [0, 0.1) is 0 Å². The second-order valence-corrected chi connectivity index (χ2v) is 6.83. The lowest BCUT2D eigenvalue weighted by Gasteiger charge is -2.17. The molecule has 1 rings (SSSR count). The minimum Gasteiger partial charge on any atom is -0.383 e. The van der Waals surface area contributed by atoms with Crippen LogP contribution in [0.4, 0.5) is 8.78 Å². The molecule has 21 heavy (non-hydrogen) atoms. The van der Waals surface area contributed by atoms with E-state index in [1.54, 1.807) is 0 Å². The van der Waals surface area contributed by atoms with Gasteiger partial charge in [0.05, 0.1) is 13.2 Å². The van der Waals surface area contributed by atoms with E-state index < -0.39 is 32.8 Å². The zero-order chi connectivity index (χ0) is 16.2. The molecule has 0 radical (unpaired) electrons. The lowest BCUT2D eigenvalue weighted by molar-refractivity contribution is 0.0724. The van der Waals surface area contributed by atoms with E-state index in [9.17, 15) is 22.0 Å². The fraction of sp³-hybridized carbons (Fsp3) is 0.545. The summed E-state index contributed by atoms with van der Waals surface area (Å²) in [6.45, 7) is -0.303. The number of aromatic nitrogens is 1. The van der Waals surface area contributed by atoms with Crippen molar-refractivity contribution in [3.63, 3.8) is 0 Å². The van der Waals surface area contributed by atoms with Gasteiger partial charge in [-0.2, -0.15) is 0 Å². The van der Waals surface area contributed by atoms with Gasteiger partial charge in [-0.1, -0.05) is 0 Å². The fourth-order valence-electron chi connectivity index (χ4n) is 1.62. The van der Waals surface area contributed by atoms with Crippen LogP contribution in [0.1, 0.15) is 10.5 Å². The molecular formula is C11H15ClF2N2O4S. The highest BCUT2D eigenvalue weighted by atomic mass is 35.7. The minimum atomic E-state index is -4.11. The average molecular weight is 345 g/mol. The molecule has 0 aliphatic carbocycles. The topological polar surface area (TPSA) is 68.6 Å². The summed E-state index contributed by atoms with van der Waals surface area (Å²) in [4.78, 5) is 13.0. The van der Waals surface area contributed by atoms with Crippen molar-refractivity contribution in [2.75, 3.05) is 27.3 Å². The van der Waals surface area contributed by atoms with E-state index in [1.165, 1.54) is 19.1 Å². The first-order chi connectivity index (χ1) is 9.66. The molecule has 0 N–H and O–H groups in total. The molecule has 0 aliphatic rings. The van der Waals surface area contributed by atoms with Gasteiger partial charge in [0.25, 0.3) is 21.4 Å². The maximum absolute atomic E-state index is 12.5. The first kappa shape index (κ1) is 17.9. The van der Waals surface area contributed by atoms with Crippen LogP contribution in [0.5, 0.6) is 0 Å². The van der Waals surface area contributed by atoms with E-state index in [0.29, 0.717) is 0 Å². The molecule has 1 aromatic heterocycles. The number of carbonyl (C=O) groups excluding carboxylic acids is 1. The van der Waals surface area contributed by atoms with E-state index in [1.807, 2.05) is 0 Å². The molecule has 10 heteroatoms. The lowest BCUT2D eigenvalue weighted by Crippen LogP contribution is -2.31. The Morgan fingerprint density at radius 3 is 2.62 bits per heavy atom. The van der Waals surface area contributed by atoms with Gasteiger partial charge in [0.2, 0.25) is 0 Å². The molecule has 0 saturated heterocycles. The Morgan fingerprint density at radius 1 is 1.52 bits per heavy atom. The fourth-order valence-corrected chi connectivity index (χ4v) is 2.38. The number of nitrogens with zero attached hydrogens (tertiary/aromatic N) is 2. The number of likely N-dealkylation sites (N-methyl/N-ethyl adjacent to an activating group) is 1. The van der Waals surface area contributed by atoms with Gasteiger partial charge in [-0.05, 0) is 6.07 Å². The Bertz CT molecular complexity index is 603. The molecule has 0 spiro atoms. The molecule has 120 valence electrons. The van der Waals surface area contributed by atoms with E-state index in [4.69, 9.17) is 15.4 Å². The summed E-state index contributed by atoms with van der Waals surface area (Å²) in [6, 6.07) is 0.982. The van der Waals surface area contributed by atoms with Crippen LogP contribution in [-0.2, 0) is 20.3 Å². The Labute approximate surface area is 125 Å². The Balaban J connectivity index is 3.13. The molecule has 0 unspecified atom stereocenters. The molecule has 1 amide bonds. The molecule has 1 aromatic rings. The van der Waals surface area contributed by atoms with E-state index in [-0.39, 0.29) is 18.8 Å². The molecule has 6 nitrogen and oxygen atoms in total. The molecule has 0 aliphatic heterocycles. The van der Waals surface area contributed by atoms with Crippen molar-refractivity contribution in [1.82, 2.24) is 9.47 Å². The Morgan fingerprint density at radius 2 is 2.14 bits per heavy atom. The van der Waals surface area contributed by atoms with Crippen molar-refractivity contribution >= 4 is 25.6 Å². The minimum absolute atomic E-state index is 0.173. The van der Waals surface area contributed by atoms with Gasteiger partial charge in [0.15, 0.2) is 0 Å². The van der Waals surface area contributed by atoms with Gasteiger partial charge in [0.1, 0.15) is 10.6 Å². The second kappa shape index (κ2) is 7.19. The van der Waals surface area contributed by atoms with Crippen molar-refractivity contribution < 1.29 is 26.7 Å². The number of amides is 1. The summed E-state index contributed by atoms with van der Waals surface area (Å²) in [5.41, 5.74) is -0.173. The summed E-state index contributed by atoms with van der Waals surface area (Å²) >= 11 is 0. The smallest absolute Gasteiger partial charge is 0.270 e. The number of hydrogen-bond acceptors (Lipinski definition) is 4. The largest absolute Gasteiger partial charge is 0.383 e. The maximum Gasteiger partial charge on any atom is 0.270 e. The Kier molecular flexibility index (Phi) is 6.11. The third kappa shape index (κ3) is 4.94. The standard InChI is InChI=1S/C11H15ClF2N2O4S/c1-15(3-4-20-2)11(17)9-5-8(21(12,18)19)6-16(9)7-10(13)14/h5-6,10H,3-4,7H2,1-2H3. The van der Waals surface area contributed by atoms with Gasteiger partial charge >= 0.3 is 0 Å². The van der Waals surface area contributed by atoms with Crippen LogP contribution in [-0.4, -0.2) is 57.5 Å². The van der Waals surface area contributed by atoms with Crippen molar-refractivity contribution in [3.05, 3.63) is 18.0 Å². The number of ether oxygens (including phenoxy) is 1. The molecule has 0 atom stereocenters. The summed E-state index contributed by atoms with van der Waals surface area (Å²) in [5, 5.41) is 0. The molecular weight excluding hydrogens is 330 g/mol. The number of carbonyl (C=O) groups is 1. The van der Waals surface area contributed by atoms with Crippen molar-refractivity contribution in [3.8, 4) is 0 Å². The van der Waals surface area contributed by atoms with Crippen molar-refractivity contribution in [2.45, 2.75) is 17.9 Å². The first-order valence-corrected chi connectivity index (χ1v) is 8.15. The van der Waals surface area contributed by atoms with Crippen molar-refractivity contribution in [2.24, 2.45) is 0 Å². The van der Waals surface area contributed by atoms with Gasteiger partial charge in [0, 0.05) is 37.6 Å². The van der Waals surface area contributed by atoms with Crippen LogP contribution in [0.2, 0.25) is 0 Å². The highest BCUT2D eigenvalue weighted by molar-refractivity contribution is 8.13. The normalized spacial score (nSPS) is 11.9. The number of methoxy groups -OCH3 is 1. The zero-order valence-electron chi connectivity index (χ0n) is 11.4. The molecule has 0 aromatic carbocycles. The SMILES string of the molecule is COCCN(C)C(=O)c1cc(S(=O)(=O)Cl)cn1CC(F)F. The van der Waals surface area contributed by atoms with Crippen LogP contribution >= 0.6 is 10.7 Å². The summed E-state index contributed by atoms with van der Waals surface area (Å²) < 4.78 is 53.3. The first-order valence-electron chi connectivity index (χ1n) is 5.84. The second-order valence-electron chi connectivity index (χ2n) is 4.26. The number of rotatable bonds is 7. The van der Waals surface area contributed by atoms with E-state index in [2.05, 4.69) is 0 Å². The van der Waals surface area contributed by atoms with Gasteiger partial charge in [-0.25, -0.2) is 17.2 Å². The van der Waals surface area contributed by atoms with Crippen LogP contribution in [0.3, 0.4) is 0 Å². The highest BCUT2D eigenvalue weighted by Crippen LogP contribution is 2.20. The van der Waals surface area contributed by atoms with Crippen LogP contribution in [0.15, 0.2) is 17.2 Å². The van der Waals surface area contributed by atoms with Crippen LogP contribution in [0.25, 0.3) is 0 Å². The van der Waals surface area contributed by atoms with Crippen molar-refractivity contribution in [1.29, 1.82) is 0 Å². The lowest BCUT2D eigenvalue weighted by atomic mass is 10.3. The molecule has 0 saturated carbocycles. The third-order valence-corrected chi connectivity index (χ3v) is 4.01. The summed E-state index contributed by atoms with van der Waals surface area (Å²) in [6.07, 6.45) is -1.81. The average Bonchev–Trinajstić information content (AvgIpc) is 2.77. The summed E-state index contributed by atoms with van der Waals surface area (Å²) in [7, 11) is 3.98. The van der Waals surface area contributed by atoms with Gasteiger partial charge < -0.3 is 14.2 Å². The van der Waals surface area contributed by atoms with Gasteiger partial charge in [-0.3, -0.25) is 4.79 Å². The number of halogens is 3. The number of hydrogen-bond donors (Lipinski definition) is 0. The molecule has 0 fully saturated rings.